The van der Waals surface area contributed by atoms with E-state index in [-0.39, 0.29) is 10.8 Å². The third-order valence-corrected chi connectivity index (χ3v) is 6.90. The summed E-state index contributed by atoms with van der Waals surface area (Å²) in [7, 11) is -3.83. The van der Waals surface area contributed by atoms with Crippen LogP contribution in [0.5, 0.6) is 0 Å². The fraction of sp³-hybridized carbons (Fsp3) is 0.0526. The lowest BCUT2D eigenvalue weighted by atomic mass is 10.1. The summed E-state index contributed by atoms with van der Waals surface area (Å²) < 4.78 is 29.7. The number of hydrogen-bond acceptors (Lipinski definition) is 5. The van der Waals surface area contributed by atoms with Gasteiger partial charge in [-0.15, -0.1) is 11.3 Å². The van der Waals surface area contributed by atoms with E-state index in [4.69, 9.17) is 0 Å². The first kappa shape index (κ1) is 16.2. The van der Waals surface area contributed by atoms with Crippen molar-refractivity contribution in [3.8, 4) is 0 Å². The lowest BCUT2D eigenvalue weighted by Crippen LogP contribution is -2.13. The molecule has 3 aromatic carbocycles. The minimum absolute atomic E-state index is 0.139. The summed E-state index contributed by atoms with van der Waals surface area (Å²) in [5.41, 5.74) is 2.44. The number of carbonyl (C=O) groups is 1. The van der Waals surface area contributed by atoms with Gasteiger partial charge >= 0.3 is 0 Å². The molecular weight excluding hydrogens is 382 g/mol. The van der Waals surface area contributed by atoms with Gasteiger partial charge < -0.3 is 5.32 Å². The molecule has 0 radical (unpaired) electrons. The van der Waals surface area contributed by atoms with Crippen LogP contribution in [0, 0.1) is 6.92 Å². The summed E-state index contributed by atoms with van der Waals surface area (Å²) in [6, 6.07) is 13.5. The predicted octanol–water partition coefficient (Wildman–Crippen LogP) is 4.12. The van der Waals surface area contributed by atoms with Gasteiger partial charge in [0, 0.05) is 22.0 Å². The van der Waals surface area contributed by atoms with E-state index in [9.17, 15) is 13.2 Å². The van der Waals surface area contributed by atoms with Gasteiger partial charge in [-0.05, 0) is 43.3 Å². The van der Waals surface area contributed by atoms with E-state index >= 15 is 0 Å². The van der Waals surface area contributed by atoms with Crippen molar-refractivity contribution in [2.45, 2.75) is 11.8 Å². The predicted molar refractivity (Wildman–Crippen MR) is 107 cm³/mol. The maximum atomic E-state index is 13.1. The van der Waals surface area contributed by atoms with Crippen molar-refractivity contribution in [1.29, 1.82) is 0 Å². The maximum absolute atomic E-state index is 13.1. The number of sulfonamides is 1. The van der Waals surface area contributed by atoms with Gasteiger partial charge in [0.05, 0.1) is 25.8 Å². The maximum Gasteiger partial charge on any atom is 0.262 e. The zero-order chi connectivity index (χ0) is 18.8. The number of benzene rings is 3. The van der Waals surface area contributed by atoms with Gasteiger partial charge in [0.1, 0.15) is 0 Å². The molecule has 0 atom stereocenters. The number of nitrogens with one attached hydrogen (secondary N) is 2. The number of thiazole rings is 1. The first-order valence-electron chi connectivity index (χ1n) is 8.19. The third-order valence-electron chi connectivity index (χ3n) is 4.53. The van der Waals surface area contributed by atoms with Crippen molar-refractivity contribution in [3.63, 3.8) is 0 Å². The fourth-order valence-corrected chi connectivity index (χ4v) is 5.53. The minimum atomic E-state index is -3.83. The average Bonchev–Trinajstić information content (AvgIpc) is 3.15. The van der Waals surface area contributed by atoms with E-state index < -0.39 is 10.0 Å². The van der Waals surface area contributed by atoms with Crippen LogP contribution >= 0.6 is 11.3 Å². The minimum Gasteiger partial charge on any atom is -0.321 e. The summed E-state index contributed by atoms with van der Waals surface area (Å²) >= 11 is 1.51. The van der Waals surface area contributed by atoms with Crippen LogP contribution in [-0.4, -0.2) is 19.3 Å². The Morgan fingerprint density at radius 3 is 2.81 bits per heavy atom. The second-order valence-electron chi connectivity index (χ2n) is 6.31. The first-order valence-corrected chi connectivity index (χ1v) is 10.5. The number of nitrogens with zero attached hydrogens (tertiary/aromatic N) is 1. The van der Waals surface area contributed by atoms with Crippen LogP contribution in [0.25, 0.3) is 21.0 Å². The zero-order valence-electron chi connectivity index (χ0n) is 14.1. The summed E-state index contributed by atoms with van der Waals surface area (Å²) in [5.74, 6) is -0.218. The molecule has 6 nitrogen and oxygen atoms in total. The van der Waals surface area contributed by atoms with E-state index in [1.165, 1.54) is 17.4 Å². The van der Waals surface area contributed by atoms with E-state index in [0.29, 0.717) is 27.7 Å². The molecule has 2 heterocycles. The topological polar surface area (TPSA) is 88.2 Å². The Morgan fingerprint density at radius 2 is 1.96 bits per heavy atom. The second-order valence-corrected chi connectivity index (χ2v) is 9.20. The van der Waals surface area contributed by atoms with Gasteiger partial charge in [0.2, 0.25) is 0 Å². The normalized spacial score (nSPS) is 13.3. The summed E-state index contributed by atoms with van der Waals surface area (Å²) in [6.45, 7) is 1.91. The van der Waals surface area contributed by atoms with E-state index in [1.807, 2.05) is 6.92 Å². The van der Waals surface area contributed by atoms with Crippen molar-refractivity contribution in [2.75, 3.05) is 10.0 Å². The molecular formula is C19H13N3O3S2. The highest BCUT2D eigenvalue weighted by molar-refractivity contribution is 7.93. The quantitative estimate of drug-likeness (QED) is 0.546. The summed E-state index contributed by atoms with van der Waals surface area (Å²) in [6.07, 6.45) is 0. The fourth-order valence-electron chi connectivity index (χ4n) is 3.41. The Bertz CT molecular complexity index is 1370. The molecule has 27 heavy (non-hydrogen) atoms. The third kappa shape index (κ3) is 2.48. The molecule has 2 N–H and O–H groups in total. The van der Waals surface area contributed by atoms with Gasteiger partial charge in [-0.2, -0.15) is 0 Å². The average molecular weight is 395 g/mol. The van der Waals surface area contributed by atoms with Gasteiger partial charge in [-0.1, -0.05) is 12.1 Å². The van der Waals surface area contributed by atoms with Gasteiger partial charge in [-0.25, -0.2) is 13.4 Å². The summed E-state index contributed by atoms with van der Waals surface area (Å²) in [4.78, 5) is 16.6. The molecule has 0 saturated heterocycles. The van der Waals surface area contributed by atoms with Crippen LogP contribution in [0.4, 0.5) is 11.4 Å². The number of carbonyl (C=O) groups excluding carboxylic acids is 1. The van der Waals surface area contributed by atoms with Gasteiger partial charge in [0.15, 0.2) is 0 Å². The van der Waals surface area contributed by atoms with E-state index in [1.54, 1.807) is 42.5 Å². The first-order chi connectivity index (χ1) is 12.9. The lowest BCUT2D eigenvalue weighted by Gasteiger charge is -2.11. The van der Waals surface area contributed by atoms with Crippen LogP contribution in [0.15, 0.2) is 53.4 Å². The molecule has 0 spiro atoms. The zero-order valence-corrected chi connectivity index (χ0v) is 15.7. The Labute approximate surface area is 158 Å². The van der Waals surface area contributed by atoms with Crippen molar-refractivity contribution < 1.29 is 13.2 Å². The SMILES string of the molecule is Cc1nc2ccc(NS(=O)(=O)c3ccc4c5c(cccc35)C(=O)N4)cc2s1. The molecule has 134 valence electrons. The number of aromatic nitrogens is 1. The molecule has 0 bridgehead atoms. The molecule has 0 aliphatic carbocycles. The highest BCUT2D eigenvalue weighted by Gasteiger charge is 2.26. The Hall–Kier alpha value is -2.97. The Morgan fingerprint density at radius 1 is 1.11 bits per heavy atom. The summed E-state index contributed by atoms with van der Waals surface area (Å²) in [5, 5.41) is 4.84. The highest BCUT2D eigenvalue weighted by atomic mass is 32.2. The molecule has 1 aliphatic heterocycles. The van der Waals surface area contributed by atoms with Crippen LogP contribution in [0.2, 0.25) is 0 Å². The molecule has 0 saturated carbocycles. The Balaban J connectivity index is 1.63. The number of anilines is 2. The number of aryl methyl sites for hydroxylation is 1. The smallest absolute Gasteiger partial charge is 0.262 e. The van der Waals surface area contributed by atoms with E-state index in [0.717, 1.165) is 15.2 Å². The van der Waals surface area contributed by atoms with Crippen LogP contribution in [-0.2, 0) is 10.0 Å². The standard InChI is InChI=1S/C19H13N3O3S2/c1-10-20-14-6-5-11(9-16(14)26-10)22-27(24,25)17-8-7-15-18-12(17)3-2-4-13(18)19(23)21-15/h2-9,22H,1H3,(H,21,23). The largest absolute Gasteiger partial charge is 0.321 e. The van der Waals surface area contributed by atoms with E-state index in [2.05, 4.69) is 15.0 Å². The van der Waals surface area contributed by atoms with Crippen molar-refractivity contribution in [2.24, 2.45) is 0 Å². The molecule has 0 fully saturated rings. The Kier molecular flexibility index (Phi) is 3.31. The lowest BCUT2D eigenvalue weighted by molar-refractivity contribution is 0.103. The van der Waals surface area contributed by atoms with Crippen molar-refractivity contribution >= 4 is 59.6 Å². The second kappa shape index (κ2) is 5.51. The van der Waals surface area contributed by atoms with Crippen molar-refractivity contribution in [1.82, 2.24) is 4.98 Å². The number of fused-ring (bicyclic) bond motifs is 1. The monoisotopic (exact) mass is 395 g/mol. The molecule has 1 aromatic heterocycles. The van der Waals surface area contributed by atoms with Gasteiger partial charge in [-0.3, -0.25) is 9.52 Å². The van der Waals surface area contributed by atoms with Gasteiger partial charge in [0.25, 0.3) is 15.9 Å². The molecule has 1 amide bonds. The van der Waals surface area contributed by atoms with Crippen molar-refractivity contribution in [3.05, 3.63) is 59.1 Å². The number of amides is 1. The molecule has 4 aromatic rings. The number of hydrogen-bond donors (Lipinski definition) is 2. The molecule has 1 aliphatic rings. The van der Waals surface area contributed by atoms with Crippen LogP contribution in [0.1, 0.15) is 15.4 Å². The molecule has 0 unspecified atom stereocenters. The molecule has 5 rings (SSSR count). The van der Waals surface area contributed by atoms with Crippen LogP contribution in [0.3, 0.4) is 0 Å². The number of rotatable bonds is 3. The molecule has 8 heteroatoms. The highest BCUT2D eigenvalue weighted by Crippen LogP contribution is 2.37. The van der Waals surface area contributed by atoms with Crippen LogP contribution < -0.4 is 10.0 Å².